The van der Waals surface area contributed by atoms with Gasteiger partial charge in [0.25, 0.3) is 5.91 Å². The molecule has 0 radical (unpaired) electrons. The molecule has 0 fully saturated rings. The molecule has 3 aromatic rings. The number of carbonyl (C=O) groups excluding carboxylic acids is 2. The summed E-state index contributed by atoms with van der Waals surface area (Å²) in [7, 11) is 0. The number of carbonyl (C=O) groups is 2. The fourth-order valence-corrected chi connectivity index (χ4v) is 3.51. The molecule has 0 saturated heterocycles. The lowest BCUT2D eigenvalue weighted by Crippen LogP contribution is -2.27. The summed E-state index contributed by atoms with van der Waals surface area (Å²) in [5, 5.41) is 2.85. The van der Waals surface area contributed by atoms with Crippen molar-refractivity contribution in [3.8, 4) is 0 Å². The lowest BCUT2D eigenvalue weighted by atomic mass is 9.93. The molecule has 0 bridgehead atoms. The number of esters is 1. The fourth-order valence-electron chi connectivity index (χ4n) is 3.51. The van der Waals surface area contributed by atoms with E-state index in [1.807, 2.05) is 36.4 Å². The van der Waals surface area contributed by atoms with Gasteiger partial charge in [0.05, 0.1) is 5.56 Å². The summed E-state index contributed by atoms with van der Waals surface area (Å²) in [5.74, 6) is -0.888. The molecule has 146 valence electrons. The van der Waals surface area contributed by atoms with Gasteiger partial charge in [-0.2, -0.15) is 0 Å². The van der Waals surface area contributed by atoms with Gasteiger partial charge in [-0.15, -0.1) is 0 Å². The molecule has 3 aromatic carbocycles. The van der Waals surface area contributed by atoms with Crippen LogP contribution >= 0.6 is 0 Å². The number of nitrogens with one attached hydrogen (secondary N) is 1. The zero-order valence-corrected chi connectivity index (χ0v) is 15.7. The van der Waals surface area contributed by atoms with Crippen molar-refractivity contribution in [3.05, 3.63) is 106 Å². The van der Waals surface area contributed by atoms with Crippen LogP contribution in [0.5, 0.6) is 0 Å². The largest absolute Gasteiger partial charge is 0.454 e. The number of cyclic esters (lactones) is 1. The highest BCUT2D eigenvalue weighted by molar-refractivity contribution is 5.97. The van der Waals surface area contributed by atoms with Gasteiger partial charge in [0.2, 0.25) is 0 Å². The van der Waals surface area contributed by atoms with E-state index in [0.29, 0.717) is 30.5 Å². The van der Waals surface area contributed by atoms with Crippen LogP contribution in [0.2, 0.25) is 0 Å². The first-order chi connectivity index (χ1) is 14.1. The second kappa shape index (κ2) is 8.27. The van der Waals surface area contributed by atoms with Gasteiger partial charge in [-0.1, -0.05) is 42.5 Å². The molecule has 29 heavy (non-hydrogen) atoms. The summed E-state index contributed by atoms with van der Waals surface area (Å²) >= 11 is 0. The topological polar surface area (TPSA) is 55.4 Å². The average molecular weight is 389 g/mol. The summed E-state index contributed by atoms with van der Waals surface area (Å²) in [5.41, 5.74) is 3.53. The lowest BCUT2D eigenvalue weighted by molar-refractivity contribution is 0.0252. The molecule has 1 aliphatic rings. The molecule has 1 heterocycles. The summed E-state index contributed by atoms with van der Waals surface area (Å²) in [6.07, 6.45) is 0.703. The minimum absolute atomic E-state index is 0.223. The van der Waals surface area contributed by atoms with Crippen molar-refractivity contribution < 1.29 is 18.7 Å². The molecular formula is C24H20FNO3. The van der Waals surface area contributed by atoms with Gasteiger partial charge in [0, 0.05) is 18.5 Å². The third kappa shape index (κ3) is 4.35. The molecule has 0 aromatic heterocycles. The Hall–Kier alpha value is -3.47. The predicted octanol–water partition coefficient (Wildman–Crippen LogP) is 4.25. The first-order valence-electron chi connectivity index (χ1n) is 9.51. The monoisotopic (exact) mass is 389 g/mol. The van der Waals surface area contributed by atoms with Crippen molar-refractivity contribution in [1.82, 2.24) is 5.32 Å². The van der Waals surface area contributed by atoms with Crippen molar-refractivity contribution in [2.75, 3.05) is 6.54 Å². The second-order valence-corrected chi connectivity index (χ2v) is 7.02. The minimum atomic E-state index is -0.377. The van der Waals surface area contributed by atoms with Crippen LogP contribution in [0.4, 0.5) is 4.39 Å². The van der Waals surface area contributed by atoms with Gasteiger partial charge < -0.3 is 10.1 Å². The smallest absolute Gasteiger partial charge is 0.339 e. The van der Waals surface area contributed by atoms with E-state index >= 15 is 0 Å². The molecule has 0 spiro atoms. The molecule has 1 aliphatic heterocycles. The first kappa shape index (κ1) is 18.9. The van der Waals surface area contributed by atoms with E-state index in [9.17, 15) is 14.0 Å². The van der Waals surface area contributed by atoms with Crippen LogP contribution in [0.1, 0.15) is 43.5 Å². The highest BCUT2D eigenvalue weighted by Gasteiger charge is 2.28. The quantitative estimate of drug-likeness (QED) is 0.664. The fraction of sp³-hybridized carbons (Fsp3) is 0.167. The highest BCUT2D eigenvalue weighted by atomic mass is 19.1. The number of hydrogen-bond acceptors (Lipinski definition) is 3. The first-order valence-corrected chi connectivity index (χ1v) is 9.51. The summed E-state index contributed by atoms with van der Waals surface area (Å²) in [4.78, 5) is 24.9. The SMILES string of the molecule is O=C(NCCc1cccc(F)c1)c1ccc2c(c1)CC(c1ccccc1)OC2=O. The third-order valence-corrected chi connectivity index (χ3v) is 5.00. The van der Waals surface area contributed by atoms with Crippen molar-refractivity contribution in [1.29, 1.82) is 0 Å². The molecule has 1 atom stereocenters. The van der Waals surface area contributed by atoms with E-state index in [-0.39, 0.29) is 23.8 Å². The predicted molar refractivity (Wildman–Crippen MR) is 107 cm³/mol. The zero-order chi connectivity index (χ0) is 20.2. The number of rotatable bonds is 5. The summed E-state index contributed by atoms with van der Waals surface area (Å²) in [6.45, 7) is 0.397. The van der Waals surface area contributed by atoms with Crippen molar-refractivity contribution in [2.24, 2.45) is 0 Å². The van der Waals surface area contributed by atoms with Crippen LogP contribution in [-0.2, 0) is 17.6 Å². The number of fused-ring (bicyclic) bond motifs is 1. The average Bonchev–Trinajstić information content (AvgIpc) is 2.74. The highest BCUT2D eigenvalue weighted by Crippen LogP contribution is 2.31. The van der Waals surface area contributed by atoms with E-state index < -0.39 is 0 Å². The maximum Gasteiger partial charge on any atom is 0.339 e. The van der Waals surface area contributed by atoms with Crippen molar-refractivity contribution in [2.45, 2.75) is 18.9 Å². The zero-order valence-electron chi connectivity index (χ0n) is 15.7. The number of amides is 1. The lowest BCUT2D eigenvalue weighted by Gasteiger charge is -2.25. The normalized spacial score (nSPS) is 15.3. The number of benzene rings is 3. The Morgan fingerprint density at radius 3 is 2.66 bits per heavy atom. The maximum absolute atomic E-state index is 13.2. The standard InChI is InChI=1S/C24H20FNO3/c25-20-8-4-5-16(13-20)11-12-26-23(27)18-9-10-21-19(14-18)15-22(29-24(21)28)17-6-2-1-3-7-17/h1-10,13-14,22H,11-12,15H2,(H,26,27). The van der Waals surface area contributed by atoms with E-state index in [2.05, 4.69) is 5.32 Å². The van der Waals surface area contributed by atoms with Crippen molar-refractivity contribution >= 4 is 11.9 Å². The minimum Gasteiger partial charge on any atom is -0.454 e. The van der Waals surface area contributed by atoms with Gasteiger partial charge in [-0.3, -0.25) is 4.79 Å². The van der Waals surface area contributed by atoms with Gasteiger partial charge in [0.15, 0.2) is 0 Å². The Morgan fingerprint density at radius 2 is 1.86 bits per heavy atom. The summed E-state index contributed by atoms with van der Waals surface area (Å²) < 4.78 is 18.8. The Balaban J connectivity index is 1.44. The number of ether oxygens (including phenoxy) is 1. The van der Waals surface area contributed by atoms with Gasteiger partial charge >= 0.3 is 5.97 Å². The molecular weight excluding hydrogens is 369 g/mol. The van der Waals surface area contributed by atoms with E-state index in [1.165, 1.54) is 12.1 Å². The molecule has 5 heteroatoms. The Kier molecular flexibility index (Phi) is 5.38. The Bertz CT molecular complexity index is 1050. The molecule has 1 unspecified atom stereocenters. The third-order valence-electron chi connectivity index (χ3n) is 5.00. The molecule has 0 aliphatic carbocycles. The van der Waals surface area contributed by atoms with Crippen LogP contribution in [0, 0.1) is 5.82 Å². The van der Waals surface area contributed by atoms with E-state index in [4.69, 9.17) is 4.74 Å². The van der Waals surface area contributed by atoms with Gasteiger partial charge in [0.1, 0.15) is 11.9 Å². The molecule has 1 N–H and O–H groups in total. The second-order valence-electron chi connectivity index (χ2n) is 7.02. The Morgan fingerprint density at radius 1 is 1.03 bits per heavy atom. The van der Waals surface area contributed by atoms with E-state index in [0.717, 1.165) is 16.7 Å². The number of halogens is 1. The molecule has 1 amide bonds. The van der Waals surface area contributed by atoms with Gasteiger partial charge in [-0.05, 0) is 53.4 Å². The van der Waals surface area contributed by atoms with Crippen LogP contribution in [-0.4, -0.2) is 18.4 Å². The van der Waals surface area contributed by atoms with Crippen LogP contribution in [0.25, 0.3) is 0 Å². The molecule has 4 rings (SSSR count). The van der Waals surface area contributed by atoms with Crippen molar-refractivity contribution in [3.63, 3.8) is 0 Å². The Labute approximate surface area is 168 Å². The van der Waals surface area contributed by atoms with E-state index in [1.54, 1.807) is 24.3 Å². The maximum atomic E-state index is 13.2. The summed E-state index contributed by atoms with van der Waals surface area (Å²) in [6, 6.07) is 20.9. The van der Waals surface area contributed by atoms with Gasteiger partial charge in [-0.25, -0.2) is 9.18 Å². The molecule has 4 nitrogen and oxygen atoms in total. The van der Waals surface area contributed by atoms with Crippen LogP contribution < -0.4 is 5.32 Å². The van der Waals surface area contributed by atoms with Crippen LogP contribution in [0.15, 0.2) is 72.8 Å². The van der Waals surface area contributed by atoms with Crippen LogP contribution in [0.3, 0.4) is 0 Å². The number of hydrogen-bond donors (Lipinski definition) is 1. The molecule has 0 saturated carbocycles.